The molecule has 4 aliphatic heterocycles. The molecule has 8 heteroatoms. The van der Waals surface area contributed by atoms with Gasteiger partial charge in [0.25, 0.3) is 23.6 Å². The van der Waals surface area contributed by atoms with Gasteiger partial charge in [-0.1, -0.05) is 84.9 Å². The topological polar surface area (TPSA) is 81.2 Å². The number of carbonyl (C=O) groups excluding carboxylic acids is 4. The van der Waals surface area contributed by atoms with E-state index in [1.165, 1.54) is 9.80 Å². The number of benzene rings is 4. The van der Waals surface area contributed by atoms with Crippen LogP contribution in [0.15, 0.2) is 48.5 Å². The molecule has 4 aromatic rings. The Kier molecular flexibility index (Phi) is 8.70. The highest BCUT2D eigenvalue weighted by molar-refractivity contribution is 6.45. The van der Waals surface area contributed by atoms with Crippen LogP contribution in [0.5, 0.6) is 0 Å². The van der Waals surface area contributed by atoms with E-state index in [4.69, 9.17) is 0 Å². The minimum Gasteiger partial charge on any atom is -0.371 e. The average Bonchev–Trinajstić information content (AvgIpc) is 3.88. The van der Waals surface area contributed by atoms with Crippen molar-refractivity contribution in [2.24, 2.45) is 0 Å². The number of hydrogen-bond acceptors (Lipinski definition) is 6. The number of imide groups is 2. The summed E-state index contributed by atoms with van der Waals surface area (Å²) >= 11 is 0. The predicted molar refractivity (Wildman–Crippen MR) is 214 cm³/mol. The van der Waals surface area contributed by atoms with Gasteiger partial charge in [-0.05, 0) is 84.2 Å². The maximum Gasteiger partial charge on any atom is 0.268 e. The molecular weight excluding hydrogens is 661 g/mol. The first-order valence-corrected chi connectivity index (χ1v) is 19.7. The minimum absolute atomic E-state index is 0.0576. The molecule has 8 nitrogen and oxygen atoms in total. The highest BCUT2D eigenvalue weighted by Gasteiger charge is 2.46. The zero-order chi connectivity index (χ0) is 37.5. The van der Waals surface area contributed by atoms with Crippen LogP contribution in [0.1, 0.15) is 156 Å². The zero-order valence-corrected chi connectivity index (χ0v) is 32.1. The molecule has 8 rings (SSSR count). The third-order valence-corrected chi connectivity index (χ3v) is 11.9. The van der Waals surface area contributed by atoms with Gasteiger partial charge in [0, 0.05) is 37.0 Å². The van der Waals surface area contributed by atoms with Gasteiger partial charge in [-0.15, -0.1) is 0 Å². The van der Waals surface area contributed by atoms with E-state index in [0.29, 0.717) is 62.2 Å². The number of hydrogen-bond donors (Lipinski definition) is 0. The van der Waals surface area contributed by atoms with Gasteiger partial charge < -0.3 is 9.80 Å². The molecule has 2 fully saturated rings. The molecule has 0 N–H and O–H groups in total. The van der Waals surface area contributed by atoms with E-state index in [1.54, 1.807) is 0 Å². The number of carbonyl (C=O) groups is 4. The first-order chi connectivity index (χ1) is 25.5. The van der Waals surface area contributed by atoms with E-state index in [0.717, 1.165) is 74.1 Å². The molecule has 0 aromatic heterocycles. The van der Waals surface area contributed by atoms with Crippen molar-refractivity contribution >= 4 is 57.2 Å². The third-order valence-electron chi connectivity index (χ3n) is 11.9. The molecule has 2 saturated heterocycles. The van der Waals surface area contributed by atoms with Crippen LogP contribution in [0.3, 0.4) is 0 Å². The van der Waals surface area contributed by atoms with Crippen molar-refractivity contribution in [1.29, 1.82) is 0 Å². The Morgan fingerprint density at radius 3 is 1.30 bits per heavy atom. The van der Waals surface area contributed by atoms with Crippen LogP contribution in [0.2, 0.25) is 0 Å². The Hall–Kier alpha value is -4.98. The van der Waals surface area contributed by atoms with Crippen LogP contribution < -0.4 is 19.6 Å². The molecule has 4 amide bonds. The number of rotatable bonds is 8. The van der Waals surface area contributed by atoms with Crippen molar-refractivity contribution in [2.75, 3.05) is 45.8 Å². The monoisotopic (exact) mass is 710 g/mol. The van der Waals surface area contributed by atoms with Crippen molar-refractivity contribution < 1.29 is 19.2 Å². The summed E-state index contributed by atoms with van der Waals surface area (Å²) in [4.78, 5) is 68.3. The van der Waals surface area contributed by atoms with Crippen LogP contribution >= 0.6 is 0 Å². The lowest BCUT2D eigenvalue weighted by molar-refractivity contribution is 0.0873. The van der Waals surface area contributed by atoms with E-state index in [-0.39, 0.29) is 17.8 Å². The van der Waals surface area contributed by atoms with Gasteiger partial charge >= 0.3 is 0 Å². The first kappa shape index (κ1) is 35.1. The lowest BCUT2D eigenvalue weighted by Crippen LogP contribution is -2.46. The van der Waals surface area contributed by atoms with Gasteiger partial charge in [-0.3, -0.25) is 19.2 Å². The minimum atomic E-state index is -0.408. The van der Waals surface area contributed by atoms with Crippen LogP contribution in [0.25, 0.3) is 10.8 Å². The SMILES string of the molecule is CCc1cccc(C(C)C)c1N1C(=O)c2cc(N3CCCC3)c3c4c(cc(N5CCCC5)c(c24)C1=O)C(=O)N(c1c(C(C)C)cccc1C(C)C)C3=O. The smallest absolute Gasteiger partial charge is 0.268 e. The van der Waals surface area contributed by atoms with Crippen LogP contribution in [-0.4, -0.2) is 49.8 Å². The summed E-state index contributed by atoms with van der Waals surface area (Å²) < 4.78 is 0. The van der Waals surface area contributed by atoms with Gasteiger partial charge in [0.2, 0.25) is 0 Å². The Morgan fingerprint density at radius 2 is 0.906 bits per heavy atom. The molecule has 0 radical (unpaired) electrons. The quantitative estimate of drug-likeness (QED) is 0.170. The van der Waals surface area contributed by atoms with Gasteiger partial charge in [0.1, 0.15) is 0 Å². The third kappa shape index (κ3) is 5.23. The second-order valence-corrected chi connectivity index (χ2v) is 16.1. The fourth-order valence-electron chi connectivity index (χ4n) is 9.25. The lowest BCUT2D eigenvalue weighted by Gasteiger charge is -2.38. The number of para-hydroxylation sites is 2. The summed E-state index contributed by atoms with van der Waals surface area (Å²) in [5.41, 5.74) is 7.95. The Morgan fingerprint density at radius 1 is 0.528 bits per heavy atom. The molecule has 0 bridgehead atoms. The summed E-state index contributed by atoms with van der Waals surface area (Å²) in [6, 6.07) is 15.8. The predicted octanol–water partition coefficient (Wildman–Crippen LogP) is 9.57. The van der Waals surface area contributed by atoms with Gasteiger partial charge in [0.05, 0.1) is 45.0 Å². The molecule has 4 aromatic carbocycles. The fourth-order valence-corrected chi connectivity index (χ4v) is 9.25. The summed E-state index contributed by atoms with van der Waals surface area (Å²) in [6.07, 6.45) is 4.50. The number of aryl methyl sites for hydroxylation is 1. The molecular formula is C45H50N4O4. The van der Waals surface area contributed by atoms with Gasteiger partial charge in [-0.25, -0.2) is 9.80 Å². The summed E-state index contributed by atoms with van der Waals surface area (Å²) in [7, 11) is 0. The molecule has 0 saturated carbocycles. The molecule has 0 spiro atoms. The fraction of sp³-hybridized carbons (Fsp3) is 0.422. The van der Waals surface area contributed by atoms with Crippen molar-refractivity contribution in [3.8, 4) is 0 Å². The Bertz CT molecular complexity index is 2200. The van der Waals surface area contributed by atoms with Gasteiger partial charge in [-0.2, -0.15) is 0 Å². The van der Waals surface area contributed by atoms with Crippen LogP contribution in [0, 0.1) is 0 Å². The van der Waals surface area contributed by atoms with Crippen LogP contribution in [0.4, 0.5) is 22.7 Å². The molecule has 4 heterocycles. The maximum atomic E-state index is 15.4. The lowest BCUT2D eigenvalue weighted by atomic mass is 9.82. The van der Waals surface area contributed by atoms with E-state index in [1.807, 2.05) is 55.5 Å². The largest absolute Gasteiger partial charge is 0.371 e. The van der Waals surface area contributed by atoms with E-state index in [2.05, 4.69) is 51.3 Å². The van der Waals surface area contributed by atoms with Crippen molar-refractivity contribution in [2.45, 2.75) is 98.3 Å². The number of amides is 4. The first-order valence-electron chi connectivity index (χ1n) is 19.7. The molecule has 274 valence electrons. The highest BCUT2D eigenvalue weighted by atomic mass is 16.2. The number of nitrogens with zero attached hydrogens (tertiary/aromatic N) is 4. The normalized spacial score (nSPS) is 17.3. The summed E-state index contributed by atoms with van der Waals surface area (Å²) in [5.74, 6) is -1.42. The second kappa shape index (κ2) is 13.2. The zero-order valence-electron chi connectivity index (χ0n) is 32.1. The molecule has 0 atom stereocenters. The van der Waals surface area contributed by atoms with Crippen molar-refractivity contribution in [3.05, 3.63) is 93.0 Å². The molecule has 0 unspecified atom stereocenters. The summed E-state index contributed by atoms with van der Waals surface area (Å²) in [6.45, 7) is 17.5. The van der Waals surface area contributed by atoms with Crippen molar-refractivity contribution in [1.82, 2.24) is 0 Å². The molecule has 53 heavy (non-hydrogen) atoms. The summed E-state index contributed by atoms with van der Waals surface area (Å²) in [5, 5.41) is 0.882. The average molecular weight is 711 g/mol. The van der Waals surface area contributed by atoms with Gasteiger partial charge in [0.15, 0.2) is 0 Å². The van der Waals surface area contributed by atoms with Crippen LogP contribution in [-0.2, 0) is 6.42 Å². The van der Waals surface area contributed by atoms with E-state index >= 15 is 19.2 Å². The van der Waals surface area contributed by atoms with E-state index < -0.39 is 23.6 Å². The maximum absolute atomic E-state index is 15.4. The molecule has 0 aliphatic carbocycles. The van der Waals surface area contributed by atoms with Crippen molar-refractivity contribution in [3.63, 3.8) is 0 Å². The Labute approximate surface area is 312 Å². The standard InChI is InChI=1S/C45H50N4O4/c1-8-28-15-13-16-29(25(2)3)40(28)48-42(50)32-23-35(47-21-11-12-22-47)39-37-33(24-34(46-19-9-10-20-46)38(36(32)37)44(48)52)43(51)49(45(39)53)41-30(26(4)5)17-14-18-31(41)27(6)7/h13-18,23-27H,8-12,19-22H2,1-7H3. The molecule has 4 aliphatic rings. The number of anilines is 4. The highest BCUT2D eigenvalue weighted by Crippen LogP contribution is 2.50. The Balaban J connectivity index is 1.48. The van der Waals surface area contributed by atoms with E-state index in [9.17, 15) is 0 Å². The second-order valence-electron chi connectivity index (χ2n) is 16.1.